The molecule has 2 atom stereocenters. The van der Waals surface area contributed by atoms with E-state index >= 15 is 0 Å². The summed E-state index contributed by atoms with van der Waals surface area (Å²) in [4.78, 5) is 30.5. The molecule has 1 amide bonds. The van der Waals surface area contributed by atoms with Crippen LogP contribution in [0.2, 0.25) is 0 Å². The van der Waals surface area contributed by atoms with Gasteiger partial charge in [-0.2, -0.15) is 0 Å². The van der Waals surface area contributed by atoms with Crippen molar-refractivity contribution in [3.63, 3.8) is 0 Å². The van der Waals surface area contributed by atoms with Gasteiger partial charge in [-0.05, 0) is 43.9 Å². The highest BCUT2D eigenvalue weighted by Gasteiger charge is 2.53. The number of carbonyl (C=O) groups is 2. The van der Waals surface area contributed by atoms with Crippen LogP contribution < -0.4 is 0 Å². The molecule has 1 saturated carbocycles. The monoisotopic (exact) mass is 388 g/mol. The third-order valence-corrected chi connectivity index (χ3v) is 7.10. The van der Waals surface area contributed by atoms with E-state index < -0.39 is 0 Å². The highest BCUT2D eigenvalue weighted by atomic mass is 32.2. The second-order valence-electron chi connectivity index (χ2n) is 7.24. The number of rotatable bonds is 4. The Morgan fingerprint density at radius 3 is 2.67 bits per heavy atom. The molecule has 1 aromatic carbocycles. The van der Waals surface area contributed by atoms with Gasteiger partial charge in [0.1, 0.15) is 0 Å². The minimum atomic E-state index is -0.316. The Bertz CT molecular complexity index is 773. The largest absolute Gasteiger partial charge is 0.465 e. The Morgan fingerprint density at radius 1 is 1.30 bits per heavy atom. The number of hydrogen-bond acceptors (Lipinski definition) is 6. The van der Waals surface area contributed by atoms with E-state index in [1.54, 1.807) is 4.90 Å². The summed E-state index contributed by atoms with van der Waals surface area (Å²) in [7, 11) is 1.39. The van der Waals surface area contributed by atoms with Crippen LogP contribution in [0.25, 0.3) is 0 Å². The van der Waals surface area contributed by atoms with Crippen molar-refractivity contribution in [2.45, 2.75) is 42.9 Å². The molecular weight excluding hydrogens is 364 g/mol. The van der Waals surface area contributed by atoms with Gasteiger partial charge in [-0.15, -0.1) is 11.8 Å². The number of piperidine rings is 1. The van der Waals surface area contributed by atoms with E-state index in [1.807, 2.05) is 43.0 Å². The molecule has 4 rings (SSSR count). The predicted molar refractivity (Wildman–Crippen MR) is 105 cm³/mol. The Kier molecular flexibility index (Phi) is 4.88. The molecule has 0 spiro atoms. The number of carbonyl (C=O) groups excluding carboxylic acids is 2. The number of ether oxygens (including phenoxy) is 2. The molecule has 2 heterocycles. The lowest BCUT2D eigenvalue weighted by Crippen LogP contribution is -2.46. The third-order valence-electron chi connectivity index (χ3n) is 5.61. The zero-order valence-electron chi connectivity index (χ0n) is 15.6. The van der Waals surface area contributed by atoms with E-state index in [9.17, 15) is 9.59 Å². The summed E-state index contributed by atoms with van der Waals surface area (Å²) in [5.41, 5.74) is 1.77. The van der Waals surface area contributed by atoms with E-state index in [0.717, 1.165) is 19.3 Å². The lowest BCUT2D eigenvalue weighted by molar-refractivity contribution is 0.0600. The van der Waals surface area contributed by atoms with Crippen LogP contribution in [0.15, 0.2) is 29.3 Å². The standard InChI is InChI=1S/C20H24N2O4S/c1-3-26-19(24)22-11-8-15-16(12-22)27-18(21-15)20(9-10-20)14-6-4-13(5-7-14)17(23)25-2/h4-7,15-16H,3,8-12H2,1-2H3. The predicted octanol–water partition coefficient (Wildman–Crippen LogP) is 3.25. The van der Waals surface area contributed by atoms with Crippen molar-refractivity contribution >= 4 is 28.9 Å². The third kappa shape index (κ3) is 3.33. The molecule has 0 aromatic heterocycles. The molecule has 3 aliphatic rings. The summed E-state index contributed by atoms with van der Waals surface area (Å²) < 4.78 is 9.93. The molecular formula is C20H24N2O4S. The van der Waals surface area contributed by atoms with Gasteiger partial charge < -0.3 is 14.4 Å². The first-order valence-electron chi connectivity index (χ1n) is 9.43. The maximum absolute atomic E-state index is 12.0. The summed E-state index contributed by atoms with van der Waals surface area (Å²) in [5.74, 6) is -0.316. The van der Waals surface area contributed by atoms with Gasteiger partial charge in [0.15, 0.2) is 0 Å². The van der Waals surface area contributed by atoms with Crippen LogP contribution in [0.3, 0.4) is 0 Å². The van der Waals surface area contributed by atoms with Crippen LogP contribution in [0.5, 0.6) is 0 Å². The Hall–Kier alpha value is -2.02. The Balaban J connectivity index is 1.47. The first-order chi connectivity index (χ1) is 13.1. The SMILES string of the molecule is CCOC(=O)N1CCC2N=C(C3(c4ccc(C(=O)OC)cc4)CC3)SC2C1. The highest BCUT2D eigenvalue weighted by Crippen LogP contribution is 2.55. The molecule has 27 heavy (non-hydrogen) atoms. The lowest BCUT2D eigenvalue weighted by Gasteiger charge is -2.32. The van der Waals surface area contributed by atoms with Crippen molar-refractivity contribution in [2.24, 2.45) is 4.99 Å². The number of amides is 1. The molecule has 1 aromatic rings. The number of aliphatic imine (C=N–C) groups is 1. The minimum Gasteiger partial charge on any atom is -0.465 e. The summed E-state index contributed by atoms with van der Waals surface area (Å²) in [6.07, 6.45) is 2.83. The van der Waals surface area contributed by atoms with Gasteiger partial charge >= 0.3 is 12.1 Å². The van der Waals surface area contributed by atoms with E-state index in [4.69, 9.17) is 14.5 Å². The van der Waals surface area contributed by atoms with Gasteiger partial charge in [-0.1, -0.05) is 12.1 Å². The van der Waals surface area contributed by atoms with Gasteiger partial charge in [-0.25, -0.2) is 9.59 Å². The van der Waals surface area contributed by atoms with Gasteiger partial charge in [0.2, 0.25) is 0 Å². The van der Waals surface area contributed by atoms with Crippen LogP contribution in [0.4, 0.5) is 4.79 Å². The first kappa shape index (κ1) is 18.3. The molecule has 2 fully saturated rings. The number of likely N-dealkylation sites (tertiary alicyclic amines) is 1. The van der Waals surface area contributed by atoms with Crippen LogP contribution >= 0.6 is 11.8 Å². The van der Waals surface area contributed by atoms with Crippen molar-refractivity contribution in [1.29, 1.82) is 0 Å². The lowest BCUT2D eigenvalue weighted by atomic mass is 9.95. The molecule has 2 aliphatic heterocycles. The van der Waals surface area contributed by atoms with Crippen molar-refractivity contribution in [3.05, 3.63) is 35.4 Å². The van der Waals surface area contributed by atoms with Crippen molar-refractivity contribution in [3.8, 4) is 0 Å². The smallest absolute Gasteiger partial charge is 0.409 e. The Morgan fingerprint density at radius 2 is 2.04 bits per heavy atom. The number of hydrogen-bond donors (Lipinski definition) is 0. The van der Waals surface area contributed by atoms with Crippen LogP contribution in [-0.2, 0) is 14.9 Å². The van der Waals surface area contributed by atoms with Gasteiger partial charge in [0.05, 0.1) is 35.6 Å². The van der Waals surface area contributed by atoms with E-state index in [0.29, 0.717) is 30.5 Å². The van der Waals surface area contributed by atoms with E-state index in [-0.39, 0.29) is 23.5 Å². The van der Waals surface area contributed by atoms with Crippen molar-refractivity contribution in [2.75, 3.05) is 26.8 Å². The van der Waals surface area contributed by atoms with Gasteiger partial charge in [0, 0.05) is 18.5 Å². The molecule has 1 aliphatic carbocycles. The summed E-state index contributed by atoms with van der Waals surface area (Å²) in [5, 5.41) is 1.50. The van der Waals surface area contributed by atoms with Crippen LogP contribution in [-0.4, -0.2) is 60.1 Å². The summed E-state index contributed by atoms with van der Waals surface area (Å²) in [6, 6.07) is 7.99. The molecule has 1 saturated heterocycles. The fraction of sp³-hybridized carbons (Fsp3) is 0.550. The first-order valence-corrected chi connectivity index (χ1v) is 10.3. The second kappa shape index (κ2) is 7.19. The van der Waals surface area contributed by atoms with Gasteiger partial charge in [-0.3, -0.25) is 4.99 Å². The number of nitrogens with zero attached hydrogens (tertiary/aromatic N) is 2. The average molecular weight is 388 g/mol. The molecule has 2 unspecified atom stereocenters. The fourth-order valence-electron chi connectivity index (χ4n) is 3.90. The molecule has 0 bridgehead atoms. The number of methoxy groups -OCH3 is 1. The zero-order valence-corrected chi connectivity index (χ0v) is 16.5. The molecule has 0 N–H and O–H groups in total. The molecule has 144 valence electrons. The quantitative estimate of drug-likeness (QED) is 0.741. The fourth-order valence-corrected chi connectivity index (χ4v) is 5.54. The molecule has 7 heteroatoms. The average Bonchev–Trinajstić information content (AvgIpc) is 3.40. The van der Waals surface area contributed by atoms with E-state index in [1.165, 1.54) is 17.7 Å². The maximum atomic E-state index is 12.0. The summed E-state index contributed by atoms with van der Waals surface area (Å²) >= 11 is 1.82. The van der Waals surface area contributed by atoms with E-state index in [2.05, 4.69) is 0 Å². The molecule has 6 nitrogen and oxygen atoms in total. The second-order valence-corrected chi connectivity index (χ2v) is 8.47. The van der Waals surface area contributed by atoms with Crippen LogP contribution in [0, 0.1) is 0 Å². The topological polar surface area (TPSA) is 68.2 Å². The number of esters is 1. The number of benzene rings is 1. The highest BCUT2D eigenvalue weighted by molar-refractivity contribution is 8.15. The molecule has 0 radical (unpaired) electrons. The minimum absolute atomic E-state index is 0.00852. The maximum Gasteiger partial charge on any atom is 0.409 e. The van der Waals surface area contributed by atoms with Crippen molar-refractivity contribution in [1.82, 2.24) is 4.90 Å². The normalized spacial score (nSPS) is 25.4. The zero-order chi connectivity index (χ0) is 19.0. The Labute approximate surface area is 163 Å². The van der Waals surface area contributed by atoms with Crippen LogP contribution in [0.1, 0.15) is 42.1 Å². The number of fused-ring (bicyclic) bond motifs is 1. The van der Waals surface area contributed by atoms with Crippen molar-refractivity contribution < 1.29 is 19.1 Å². The number of thioether (sulfide) groups is 1. The van der Waals surface area contributed by atoms with Gasteiger partial charge in [0.25, 0.3) is 0 Å². The summed E-state index contributed by atoms with van der Waals surface area (Å²) in [6.45, 7) is 3.64.